The maximum absolute atomic E-state index is 13.0. The summed E-state index contributed by atoms with van der Waals surface area (Å²) in [6.45, 7) is 3.51. The SMILES string of the molecule is CC(C)OP1(=O)Oc2ccc(Cl)cc2Sc2cc(Cl)ccc2O1. The summed E-state index contributed by atoms with van der Waals surface area (Å²) in [7, 11) is -3.84. The number of fused-ring (bicyclic) bond motifs is 2. The molecule has 0 unspecified atom stereocenters. The van der Waals surface area contributed by atoms with Crippen LogP contribution in [0.2, 0.25) is 10.0 Å². The van der Waals surface area contributed by atoms with Gasteiger partial charge in [-0.1, -0.05) is 35.0 Å². The van der Waals surface area contributed by atoms with Gasteiger partial charge in [-0.3, -0.25) is 4.52 Å². The largest absolute Gasteiger partial charge is 0.587 e. The highest BCUT2D eigenvalue weighted by molar-refractivity contribution is 7.99. The molecule has 0 fully saturated rings. The minimum absolute atomic E-state index is 0.334. The molecule has 1 aliphatic heterocycles. The van der Waals surface area contributed by atoms with E-state index in [1.165, 1.54) is 11.8 Å². The molecule has 122 valence electrons. The van der Waals surface area contributed by atoms with Gasteiger partial charge in [0.2, 0.25) is 0 Å². The number of phosphoric ester groups is 1. The molecule has 0 amide bonds. The van der Waals surface area contributed by atoms with Crippen molar-refractivity contribution in [3.05, 3.63) is 46.4 Å². The zero-order valence-electron chi connectivity index (χ0n) is 12.3. The standard InChI is InChI=1S/C15H13Cl2O4PS/c1-9(2)19-22(18)20-12-5-3-10(16)7-14(12)23-15-8-11(17)4-6-13(15)21-22/h3-9H,1-2H3. The monoisotopic (exact) mass is 390 g/mol. The van der Waals surface area contributed by atoms with Crippen LogP contribution in [-0.4, -0.2) is 6.10 Å². The van der Waals surface area contributed by atoms with E-state index in [2.05, 4.69) is 0 Å². The van der Waals surface area contributed by atoms with Gasteiger partial charge in [0, 0.05) is 10.0 Å². The van der Waals surface area contributed by atoms with Crippen molar-refractivity contribution in [2.45, 2.75) is 29.7 Å². The van der Waals surface area contributed by atoms with Gasteiger partial charge >= 0.3 is 7.82 Å². The number of hydrogen-bond donors (Lipinski definition) is 0. The summed E-state index contributed by atoms with van der Waals surface area (Å²) in [4.78, 5) is 1.41. The molecule has 0 spiro atoms. The lowest BCUT2D eigenvalue weighted by Gasteiger charge is -2.25. The van der Waals surface area contributed by atoms with Gasteiger partial charge in [0.25, 0.3) is 0 Å². The van der Waals surface area contributed by atoms with Crippen LogP contribution in [0.15, 0.2) is 46.2 Å². The van der Waals surface area contributed by atoms with Crippen LogP contribution in [0.4, 0.5) is 0 Å². The van der Waals surface area contributed by atoms with Crippen LogP contribution in [0.1, 0.15) is 13.8 Å². The highest BCUT2D eigenvalue weighted by Crippen LogP contribution is 2.57. The molecule has 0 aromatic heterocycles. The predicted molar refractivity (Wildman–Crippen MR) is 92.1 cm³/mol. The van der Waals surface area contributed by atoms with E-state index in [1.54, 1.807) is 50.2 Å². The van der Waals surface area contributed by atoms with E-state index in [0.29, 0.717) is 31.3 Å². The molecule has 0 radical (unpaired) electrons. The Bertz CT molecular complexity index is 740. The summed E-state index contributed by atoms with van der Waals surface area (Å²) in [5.74, 6) is 0.767. The summed E-state index contributed by atoms with van der Waals surface area (Å²) < 4.78 is 29.5. The Morgan fingerprint density at radius 2 is 1.48 bits per heavy atom. The van der Waals surface area contributed by atoms with Crippen molar-refractivity contribution in [3.8, 4) is 11.5 Å². The van der Waals surface area contributed by atoms with Gasteiger partial charge in [-0.25, -0.2) is 4.57 Å². The van der Waals surface area contributed by atoms with Crippen molar-refractivity contribution < 1.29 is 18.1 Å². The number of benzene rings is 2. The normalized spacial score (nSPS) is 15.7. The molecule has 1 heterocycles. The van der Waals surface area contributed by atoms with E-state index in [9.17, 15) is 4.57 Å². The molecule has 0 aliphatic carbocycles. The first kappa shape index (κ1) is 17.0. The second kappa shape index (κ2) is 6.58. The smallest absolute Gasteiger partial charge is 0.394 e. The zero-order chi connectivity index (χ0) is 16.6. The molecule has 0 atom stereocenters. The van der Waals surface area contributed by atoms with Gasteiger partial charge in [0.15, 0.2) is 0 Å². The summed E-state index contributed by atoms with van der Waals surface area (Å²) in [5, 5.41) is 1.09. The zero-order valence-corrected chi connectivity index (χ0v) is 15.5. The van der Waals surface area contributed by atoms with Crippen LogP contribution in [0.5, 0.6) is 11.5 Å². The molecule has 2 aromatic rings. The molecule has 0 bridgehead atoms. The molecule has 1 aliphatic rings. The van der Waals surface area contributed by atoms with Gasteiger partial charge in [0.05, 0.1) is 15.9 Å². The fraction of sp³-hybridized carbons (Fsp3) is 0.200. The van der Waals surface area contributed by atoms with Gasteiger partial charge in [-0.2, -0.15) is 0 Å². The molecule has 0 saturated carbocycles. The molecule has 2 aromatic carbocycles. The van der Waals surface area contributed by atoms with E-state index in [-0.39, 0.29) is 6.10 Å². The van der Waals surface area contributed by atoms with Gasteiger partial charge < -0.3 is 9.05 Å². The van der Waals surface area contributed by atoms with E-state index < -0.39 is 7.82 Å². The van der Waals surface area contributed by atoms with E-state index >= 15 is 0 Å². The number of hydrogen-bond acceptors (Lipinski definition) is 5. The van der Waals surface area contributed by atoms with E-state index in [0.717, 1.165) is 0 Å². The molecule has 0 saturated heterocycles. The van der Waals surface area contributed by atoms with Gasteiger partial charge in [0.1, 0.15) is 11.5 Å². The lowest BCUT2D eigenvalue weighted by atomic mass is 10.3. The molecular weight excluding hydrogens is 378 g/mol. The average Bonchev–Trinajstić information content (AvgIpc) is 2.42. The Morgan fingerprint density at radius 1 is 1.00 bits per heavy atom. The first-order valence-electron chi connectivity index (χ1n) is 6.79. The highest BCUT2D eigenvalue weighted by Gasteiger charge is 2.35. The minimum Gasteiger partial charge on any atom is -0.394 e. The molecular formula is C15H13Cl2O4PS. The molecule has 4 nitrogen and oxygen atoms in total. The van der Waals surface area contributed by atoms with E-state index in [1.807, 2.05) is 0 Å². The number of rotatable bonds is 2. The first-order chi connectivity index (χ1) is 10.8. The quantitative estimate of drug-likeness (QED) is 0.551. The Morgan fingerprint density at radius 3 is 1.91 bits per heavy atom. The Labute approximate surface area is 148 Å². The molecule has 23 heavy (non-hydrogen) atoms. The van der Waals surface area contributed by atoms with Crippen molar-refractivity contribution >= 4 is 42.8 Å². The second-order valence-electron chi connectivity index (χ2n) is 5.07. The van der Waals surface area contributed by atoms with Crippen molar-refractivity contribution in [3.63, 3.8) is 0 Å². The third-order valence-electron chi connectivity index (χ3n) is 2.79. The Kier molecular flexibility index (Phi) is 4.86. The minimum atomic E-state index is -3.84. The summed E-state index contributed by atoms with van der Waals surface area (Å²) in [6.07, 6.45) is -0.334. The summed E-state index contributed by atoms with van der Waals surface area (Å²) in [6, 6.07) is 10.1. The van der Waals surface area contributed by atoms with E-state index in [4.69, 9.17) is 36.8 Å². The number of halogens is 2. The van der Waals surface area contributed by atoms with Crippen LogP contribution < -0.4 is 9.05 Å². The fourth-order valence-corrected chi connectivity index (χ4v) is 5.02. The topological polar surface area (TPSA) is 44.8 Å². The lowest BCUT2D eigenvalue weighted by molar-refractivity contribution is 0.164. The molecule has 3 rings (SSSR count). The Hall–Kier alpha value is -0.840. The third-order valence-corrected chi connectivity index (χ3v) is 5.86. The second-order valence-corrected chi connectivity index (χ2v) is 8.50. The maximum atomic E-state index is 13.0. The van der Waals surface area contributed by atoms with Crippen molar-refractivity contribution in [1.82, 2.24) is 0 Å². The van der Waals surface area contributed by atoms with Gasteiger partial charge in [-0.15, -0.1) is 0 Å². The van der Waals surface area contributed by atoms with Crippen molar-refractivity contribution in [1.29, 1.82) is 0 Å². The van der Waals surface area contributed by atoms with Crippen LogP contribution in [-0.2, 0) is 9.09 Å². The molecule has 8 heteroatoms. The summed E-state index contributed by atoms with van der Waals surface area (Å²) >= 11 is 13.5. The van der Waals surface area contributed by atoms with Crippen LogP contribution >= 0.6 is 42.8 Å². The van der Waals surface area contributed by atoms with Crippen LogP contribution in [0, 0.1) is 0 Å². The lowest BCUT2D eigenvalue weighted by Crippen LogP contribution is -2.11. The predicted octanol–water partition coefficient (Wildman–Crippen LogP) is 6.45. The van der Waals surface area contributed by atoms with Gasteiger partial charge in [-0.05, 0) is 50.2 Å². The third kappa shape index (κ3) is 3.98. The van der Waals surface area contributed by atoms with Crippen LogP contribution in [0.25, 0.3) is 0 Å². The molecule has 0 N–H and O–H groups in total. The van der Waals surface area contributed by atoms with Crippen molar-refractivity contribution in [2.24, 2.45) is 0 Å². The maximum Gasteiger partial charge on any atom is 0.587 e. The number of phosphoric acid groups is 1. The Balaban J connectivity index is 2.14. The van der Waals surface area contributed by atoms with Crippen LogP contribution in [0.3, 0.4) is 0 Å². The summed E-state index contributed by atoms with van der Waals surface area (Å²) in [5.41, 5.74) is 0. The first-order valence-corrected chi connectivity index (χ1v) is 9.82. The highest BCUT2D eigenvalue weighted by atomic mass is 35.5. The average molecular weight is 391 g/mol. The fourth-order valence-electron chi connectivity index (χ4n) is 1.95. The van der Waals surface area contributed by atoms with Crippen molar-refractivity contribution in [2.75, 3.05) is 0 Å².